The summed E-state index contributed by atoms with van der Waals surface area (Å²) in [4.78, 5) is 11.6. The molecule has 0 atom stereocenters. The fraction of sp³-hybridized carbons (Fsp3) is 0.417. The minimum atomic E-state index is -0.511. The molecule has 0 aliphatic carbocycles. The van der Waals surface area contributed by atoms with Crippen LogP contribution in [0.4, 0.5) is 10.5 Å². The van der Waals surface area contributed by atoms with Crippen LogP contribution in [0.1, 0.15) is 26.3 Å². The van der Waals surface area contributed by atoms with E-state index in [0.29, 0.717) is 10.7 Å². The zero-order valence-corrected chi connectivity index (χ0v) is 13.1. The number of ether oxygens (including phenoxy) is 1. The van der Waals surface area contributed by atoms with Gasteiger partial charge in [-0.3, -0.25) is 5.32 Å². The maximum Gasteiger partial charge on any atom is 0.412 e. The Balaban J connectivity index is 2.85. The van der Waals surface area contributed by atoms with Crippen molar-refractivity contribution in [2.45, 2.75) is 33.3 Å². The van der Waals surface area contributed by atoms with E-state index in [9.17, 15) is 4.79 Å². The second-order valence-electron chi connectivity index (χ2n) is 4.71. The van der Waals surface area contributed by atoms with Gasteiger partial charge in [0.2, 0.25) is 0 Å². The third-order valence-electron chi connectivity index (χ3n) is 1.85. The Morgan fingerprint density at radius 2 is 2.00 bits per heavy atom. The topological polar surface area (TPSA) is 38.3 Å². The number of carbonyl (C=O) groups excluding carboxylic acids is 1. The van der Waals surface area contributed by atoms with Gasteiger partial charge in [-0.25, -0.2) is 4.79 Å². The first-order valence-corrected chi connectivity index (χ1v) is 6.60. The van der Waals surface area contributed by atoms with Crippen LogP contribution >= 0.6 is 34.2 Å². The Bertz CT molecular complexity index is 441. The number of nitrogens with one attached hydrogen (secondary N) is 1. The zero-order chi connectivity index (χ0) is 13.2. The Hall–Kier alpha value is -0.490. The highest BCUT2D eigenvalue weighted by molar-refractivity contribution is 14.1. The van der Waals surface area contributed by atoms with Gasteiger partial charge in [0.05, 0.1) is 5.69 Å². The Labute approximate surface area is 120 Å². The van der Waals surface area contributed by atoms with Gasteiger partial charge < -0.3 is 4.74 Å². The molecule has 0 unspecified atom stereocenters. The second-order valence-corrected chi connectivity index (χ2v) is 6.23. The Morgan fingerprint density at radius 1 is 1.41 bits per heavy atom. The minimum absolute atomic E-state index is 0.475. The third-order valence-corrected chi connectivity index (χ3v) is 3.51. The summed E-state index contributed by atoms with van der Waals surface area (Å²) >= 11 is 8.11. The molecule has 5 heteroatoms. The van der Waals surface area contributed by atoms with E-state index in [4.69, 9.17) is 16.3 Å². The molecule has 0 aliphatic heterocycles. The van der Waals surface area contributed by atoms with Crippen LogP contribution in [0.5, 0.6) is 0 Å². The summed E-state index contributed by atoms with van der Waals surface area (Å²) < 4.78 is 6.14. The third kappa shape index (κ3) is 4.71. The van der Waals surface area contributed by atoms with Crippen molar-refractivity contribution in [1.29, 1.82) is 0 Å². The van der Waals surface area contributed by atoms with Crippen LogP contribution in [0.25, 0.3) is 0 Å². The first-order chi connectivity index (χ1) is 7.69. The molecule has 1 aromatic carbocycles. The molecule has 1 N–H and O–H groups in total. The lowest BCUT2D eigenvalue weighted by molar-refractivity contribution is 0.0636. The molecule has 1 amide bonds. The number of benzene rings is 1. The van der Waals surface area contributed by atoms with Gasteiger partial charge in [-0.15, -0.1) is 0 Å². The van der Waals surface area contributed by atoms with Crippen molar-refractivity contribution in [1.82, 2.24) is 0 Å². The Morgan fingerprint density at radius 3 is 2.53 bits per heavy atom. The van der Waals surface area contributed by atoms with E-state index in [-0.39, 0.29) is 0 Å². The van der Waals surface area contributed by atoms with E-state index < -0.39 is 11.7 Å². The quantitative estimate of drug-likeness (QED) is 0.737. The summed E-state index contributed by atoms with van der Waals surface area (Å²) in [6, 6.07) is 3.56. The summed E-state index contributed by atoms with van der Waals surface area (Å²) in [5.41, 5.74) is 1.18. The van der Waals surface area contributed by atoms with Crippen molar-refractivity contribution < 1.29 is 9.53 Å². The monoisotopic (exact) mass is 367 g/mol. The highest BCUT2D eigenvalue weighted by Gasteiger charge is 2.17. The van der Waals surface area contributed by atoms with Crippen LogP contribution in [-0.4, -0.2) is 11.7 Å². The van der Waals surface area contributed by atoms with Gasteiger partial charge in [0, 0.05) is 8.59 Å². The van der Waals surface area contributed by atoms with Crippen molar-refractivity contribution in [3.05, 3.63) is 26.3 Å². The molecule has 94 valence electrons. The summed E-state index contributed by atoms with van der Waals surface area (Å²) in [5.74, 6) is 0. The molecular formula is C12H15ClINO2. The smallest absolute Gasteiger partial charge is 0.412 e. The number of amides is 1. The van der Waals surface area contributed by atoms with Crippen molar-refractivity contribution in [2.24, 2.45) is 0 Å². The molecule has 0 bridgehead atoms. The molecule has 1 rings (SSSR count). The van der Waals surface area contributed by atoms with Crippen molar-refractivity contribution >= 4 is 46.0 Å². The van der Waals surface area contributed by atoms with Gasteiger partial charge in [0.15, 0.2) is 0 Å². The number of hydrogen-bond donors (Lipinski definition) is 1. The van der Waals surface area contributed by atoms with E-state index in [1.165, 1.54) is 0 Å². The predicted octanol–water partition coefficient (Wildman–Crippen LogP) is 4.60. The highest BCUT2D eigenvalue weighted by atomic mass is 127. The van der Waals surface area contributed by atoms with E-state index in [1.54, 1.807) is 6.07 Å². The number of rotatable bonds is 1. The first-order valence-electron chi connectivity index (χ1n) is 5.15. The molecule has 3 nitrogen and oxygen atoms in total. The minimum Gasteiger partial charge on any atom is -0.444 e. The summed E-state index contributed by atoms with van der Waals surface area (Å²) in [7, 11) is 0. The molecule has 0 heterocycles. The lowest BCUT2D eigenvalue weighted by Crippen LogP contribution is -2.27. The zero-order valence-electron chi connectivity index (χ0n) is 10.2. The van der Waals surface area contributed by atoms with Crippen LogP contribution in [0.3, 0.4) is 0 Å². The maximum atomic E-state index is 11.6. The fourth-order valence-electron chi connectivity index (χ4n) is 1.23. The van der Waals surface area contributed by atoms with E-state index in [1.807, 2.05) is 33.8 Å². The van der Waals surface area contributed by atoms with Gasteiger partial charge in [0.1, 0.15) is 5.60 Å². The van der Waals surface area contributed by atoms with E-state index in [2.05, 4.69) is 27.9 Å². The van der Waals surface area contributed by atoms with Crippen LogP contribution in [0.15, 0.2) is 12.1 Å². The van der Waals surface area contributed by atoms with Gasteiger partial charge in [0.25, 0.3) is 0 Å². The highest BCUT2D eigenvalue weighted by Crippen LogP contribution is 2.26. The number of aryl methyl sites for hydroxylation is 1. The van der Waals surface area contributed by atoms with Gasteiger partial charge >= 0.3 is 6.09 Å². The van der Waals surface area contributed by atoms with E-state index in [0.717, 1.165) is 9.13 Å². The maximum absolute atomic E-state index is 11.6. The lowest BCUT2D eigenvalue weighted by atomic mass is 10.2. The fourth-order valence-corrected chi connectivity index (χ4v) is 1.95. The standard InChI is InChI=1S/C12H15ClINO2/c1-7-5-8(13)6-9(10(7)14)15-11(16)17-12(2,3)4/h5-6H,1-4H3,(H,15,16). The second kappa shape index (κ2) is 5.44. The first kappa shape index (κ1) is 14.6. The van der Waals surface area contributed by atoms with Crippen molar-refractivity contribution in [3.8, 4) is 0 Å². The number of halogens is 2. The van der Waals surface area contributed by atoms with Gasteiger partial charge in [-0.2, -0.15) is 0 Å². The molecule has 0 radical (unpaired) electrons. The SMILES string of the molecule is Cc1cc(Cl)cc(NC(=O)OC(C)(C)C)c1I. The van der Waals surface area contributed by atoms with Crippen LogP contribution in [-0.2, 0) is 4.74 Å². The number of carbonyl (C=O) groups is 1. The molecule has 0 fully saturated rings. The van der Waals surface area contributed by atoms with E-state index >= 15 is 0 Å². The molecular weight excluding hydrogens is 352 g/mol. The summed E-state index contributed by atoms with van der Waals surface area (Å²) in [6.45, 7) is 7.40. The van der Waals surface area contributed by atoms with Gasteiger partial charge in [-0.05, 0) is 68.0 Å². The largest absolute Gasteiger partial charge is 0.444 e. The molecule has 0 aliphatic rings. The summed E-state index contributed by atoms with van der Waals surface area (Å²) in [6.07, 6.45) is -0.475. The normalized spacial score (nSPS) is 11.2. The molecule has 0 aromatic heterocycles. The average molecular weight is 368 g/mol. The van der Waals surface area contributed by atoms with Gasteiger partial charge in [-0.1, -0.05) is 11.6 Å². The van der Waals surface area contributed by atoms with Crippen LogP contribution < -0.4 is 5.32 Å². The number of anilines is 1. The molecule has 0 spiro atoms. The van der Waals surface area contributed by atoms with Crippen LogP contribution in [0, 0.1) is 10.5 Å². The number of hydrogen-bond acceptors (Lipinski definition) is 2. The van der Waals surface area contributed by atoms with Crippen molar-refractivity contribution in [3.63, 3.8) is 0 Å². The molecule has 0 saturated carbocycles. The molecule has 17 heavy (non-hydrogen) atoms. The Kier molecular flexibility index (Phi) is 4.66. The molecule has 1 aromatic rings. The predicted molar refractivity (Wildman–Crippen MR) is 78.8 cm³/mol. The van der Waals surface area contributed by atoms with Crippen molar-refractivity contribution in [2.75, 3.05) is 5.32 Å². The average Bonchev–Trinajstić information content (AvgIpc) is 2.10. The lowest BCUT2D eigenvalue weighted by Gasteiger charge is -2.20. The summed E-state index contributed by atoms with van der Waals surface area (Å²) in [5, 5.41) is 3.29. The van der Waals surface area contributed by atoms with Crippen LogP contribution in [0.2, 0.25) is 5.02 Å². The molecule has 0 saturated heterocycles.